The molecule has 0 aliphatic carbocycles. The van der Waals surface area contributed by atoms with Gasteiger partial charge in [-0.2, -0.15) is 0 Å². The molecule has 5 heteroatoms. The van der Waals surface area contributed by atoms with Crippen molar-refractivity contribution in [1.82, 2.24) is 0 Å². The molecule has 0 saturated heterocycles. The number of carbonyl (C=O) groups is 2. The Balaban J connectivity index is 4.51. The highest BCUT2D eigenvalue weighted by atomic mass is 16.6. The summed E-state index contributed by atoms with van der Waals surface area (Å²) in [6.45, 7) is 7.26. The first-order valence-corrected chi connectivity index (χ1v) is 22.1. The maximum atomic E-state index is 12.7. The van der Waals surface area contributed by atoms with Gasteiger partial charge in [-0.05, 0) is 103 Å². The highest BCUT2D eigenvalue weighted by molar-refractivity contribution is 5.70. The molecule has 1 atom stereocenters. The first-order chi connectivity index (χ1) is 27.6. The van der Waals surface area contributed by atoms with E-state index in [0.29, 0.717) is 19.4 Å². The van der Waals surface area contributed by atoms with E-state index in [0.717, 1.165) is 103 Å². The number of ether oxygens (including phenoxy) is 3. The second-order valence-electron chi connectivity index (χ2n) is 13.8. The second kappa shape index (κ2) is 45.7. The summed E-state index contributed by atoms with van der Waals surface area (Å²) in [4.78, 5) is 25.2. The van der Waals surface area contributed by atoms with Gasteiger partial charge in [0.15, 0.2) is 6.10 Å². The predicted octanol–water partition coefficient (Wildman–Crippen LogP) is 14.7. The fourth-order valence-corrected chi connectivity index (χ4v) is 5.27. The van der Waals surface area contributed by atoms with Crippen LogP contribution in [0.5, 0.6) is 0 Å². The number of carbonyl (C=O) groups excluding carboxylic acids is 2. The van der Waals surface area contributed by atoms with Gasteiger partial charge in [-0.15, -0.1) is 0 Å². The number of esters is 2. The molecule has 0 rings (SSSR count). The normalized spacial score (nSPS) is 13.4. The third kappa shape index (κ3) is 43.0. The van der Waals surface area contributed by atoms with Crippen LogP contribution in [0.25, 0.3) is 0 Å². The third-order valence-corrected chi connectivity index (χ3v) is 8.46. The Hall–Kier alpha value is -3.70. The summed E-state index contributed by atoms with van der Waals surface area (Å²) >= 11 is 0. The molecule has 0 spiro atoms. The van der Waals surface area contributed by atoms with E-state index in [-0.39, 0.29) is 31.6 Å². The zero-order valence-corrected chi connectivity index (χ0v) is 35.8. The van der Waals surface area contributed by atoms with Crippen LogP contribution in [-0.4, -0.2) is 37.9 Å². The highest BCUT2D eigenvalue weighted by Gasteiger charge is 2.17. The van der Waals surface area contributed by atoms with Crippen molar-refractivity contribution >= 4 is 11.9 Å². The Labute approximate surface area is 344 Å². The topological polar surface area (TPSA) is 61.8 Å². The van der Waals surface area contributed by atoms with Crippen LogP contribution < -0.4 is 0 Å². The van der Waals surface area contributed by atoms with Crippen LogP contribution in [0.2, 0.25) is 0 Å². The van der Waals surface area contributed by atoms with Gasteiger partial charge in [-0.1, -0.05) is 168 Å². The average molecular weight is 773 g/mol. The van der Waals surface area contributed by atoms with Crippen molar-refractivity contribution in [2.75, 3.05) is 19.8 Å². The van der Waals surface area contributed by atoms with Gasteiger partial charge < -0.3 is 14.2 Å². The van der Waals surface area contributed by atoms with Gasteiger partial charge in [0, 0.05) is 19.4 Å². The molecule has 0 aliphatic heterocycles. The molecule has 0 heterocycles. The van der Waals surface area contributed by atoms with Crippen LogP contribution in [0, 0.1) is 0 Å². The van der Waals surface area contributed by atoms with Crippen LogP contribution in [0.1, 0.15) is 162 Å². The highest BCUT2D eigenvalue weighted by Crippen LogP contribution is 2.10. The molecule has 0 aromatic carbocycles. The molecule has 314 valence electrons. The van der Waals surface area contributed by atoms with Crippen molar-refractivity contribution in [3.05, 3.63) is 122 Å². The van der Waals surface area contributed by atoms with E-state index in [1.807, 2.05) is 6.08 Å². The van der Waals surface area contributed by atoms with Gasteiger partial charge >= 0.3 is 11.9 Å². The summed E-state index contributed by atoms with van der Waals surface area (Å²) in [5, 5.41) is 0. The minimum Gasteiger partial charge on any atom is -0.462 e. The Morgan fingerprint density at radius 3 is 1.36 bits per heavy atom. The summed E-state index contributed by atoms with van der Waals surface area (Å²) in [6.07, 6.45) is 63.6. The van der Waals surface area contributed by atoms with Crippen molar-refractivity contribution in [3.63, 3.8) is 0 Å². The van der Waals surface area contributed by atoms with E-state index < -0.39 is 6.10 Å². The monoisotopic (exact) mass is 773 g/mol. The molecule has 0 radical (unpaired) electrons. The fourth-order valence-electron chi connectivity index (χ4n) is 5.27. The first-order valence-electron chi connectivity index (χ1n) is 22.1. The fraction of sp³-hybridized carbons (Fsp3) is 0.569. The van der Waals surface area contributed by atoms with E-state index in [2.05, 4.69) is 136 Å². The number of rotatable bonds is 38. The summed E-state index contributed by atoms with van der Waals surface area (Å²) in [6, 6.07) is 0. The zero-order chi connectivity index (χ0) is 40.7. The van der Waals surface area contributed by atoms with Gasteiger partial charge in [0.1, 0.15) is 6.61 Å². The molecule has 0 aromatic rings. The van der Waals surface area contributed by atoms with Crippen LogP contribution >= 0.6 is 0 Å². The lowest BCUT2D eigenvalue weighted by molar-refractivity contribution is -0.162. The minimum absolute atomic E-state index is 0.0115. The Morgan fingerprint density at radius 2 is 0.839 bits per heavy atom. The first kappa shape index (κ1) is 52.3. The largest absolute Gasteiger partial charge is 0.462 e. The van der Waals surface area contributed by atoms with E-state index in [1.54, 1.807) is 0 Å². The smallest absolute Gasteiger partial charge is 0.306 e. The molecule has 5 nitrogen and oxygen atoms in total. The molecule has 0 aliphatic rings. The van der Waals surface area contributed by atoms with Crippen molar-refractivity contribution in [1.29, 1.82) is 0 Å². The van der Waals surface area contributed by atoms with E-state index in [9.17, 15) is 9.59 Å². The van der Waals surface area contributed by atoms with Gasteiger partial charge in [-0.25, -0.2) is 0 Å². The van der Waals surface area contributed by atoms with Gasteiger partial charge in [0.05, 0.1) is 6.61 Å². The van der Waals surface area contributed by atoms with Crippen LogP contribution in [0.3, 0.4) is 0 Å². The molecule has 56 heavy (non-hydrogen) atoms. The lowest BCUT2D eigenvalue weighted by Crippen LogP contribution is -2.30. The van der Waals surface area contributed by atoms with Crippen LogP contribution in [-0.2, 0) is 23.8 Å². The van der Waals surface area contributed by atoms with Crippen molar-refractivity contribution in [3.8, 4) is 0 Å². The molecule has 0 bridgehead atoms. The quantitative estimate of drug-likeness (QED) is 0.0355. The van der Waals surface area contributed by atoms with Gasteiger partial charge in [0.25, 0.3) is 0 Å². The lowest BCUT2D eigenvalue weighted by Gasteiger charge is -2.18. The van der Waals surface area contributed by atoms with E-state index in [4.69, 9.17) is 14.2 Å². The molecule has 0 fully saturated rings. The average Bonchev–Trinajstić information content (AvgIpc) is 3.20. The van der Waals surface area contributed by atoms with Gasteiger partial charge in [0.2, 0.25) is 0 Å². The molecule has 0 aromatic heterocycles. The SMILES string of the molecule is CC/C=C\C/C=C\C/C=C\C/C=C\CCCOCC(COC(=O)CC/C=C\C/C=C\C/C=C\C/C=C\CC)OC(=O)CCCCCCC/C=C\C/C=C\CCC. The van der Waals surface area contributed by atoms with Crippen molar-refractivity contribution in [2.45, 2.75) is 168 Å². The summed E-state index contributed by atoms with van der Waals surface area (Å²) < 4.78 is 17.1. The van der Waals surface area contributed by atoms with E-state index in [1.165, 1.54) is 19.3 Å². The number of allylic oxidation sites excluding steroid dienone is 20. The summed E-state index contributed by atoms with van der Waals surface area (Å²) in [5.41, 5.74) is 0. The molecule has 0 saturated carbocycles. The zero-order valence-electron chi connectivity index (χ0n) is 35.8. The van der Waals surface area contributed by atoms with Crippen molar-refractivity contribution < 1.29 is 23.8 Å². The molecule has 0 N–H and O–H groups in total. The predicted molar refractivity (Wildman–Crippen MR) is 242 cm³/mol. The Bertz CT molecular complexity index is 1190. The number of hydrogen-bond acceptors (Lipinski definition) is 5. The minimum atomic E-state index is -0.607. The Morgan fingerprint density at radius 1 is 0.411 bits per heavy atom. The van der Waals surface area contributed by atoms with Crippen LogP contribution in [0.4, 0.5) is 0 Å². The molecule has 1 unspecified atom stereocenters. The third-order valence-electron chi connectivity index (χ3n) is 8.46. The lowest BCUT2D eigenvalue weighted by atomic mass is 10.1. The Kier molecular flexibility index (Phi) is 42.7. The maximum Gasteiger partial charge on any atom is 0.306 e. The molecular formula is C51H80O5. The molecule has 0 amide bonds. The number of hydrogen-bond donors (Lipinski definition) is 0. The van der Waals surface area contributed by atoms with Gasteiger partial charge in [-0.3, -0.25) is 9.59 Å². The second-order valence-corrected chi connectivity index (χ2v) is 13.8. The standard InChI is InChI=1S/C51H80O5/c1-4-7-10-13-16-19-22-25-28-31-34-37-40-43-46-54-47-49(56-51(53)45-42-39-36-33-30-27-24-21-18-15-12-9-6-3)48-55-50(52)44-41-38-35-32-29-26-23-20-17-14-11-8-5-2/h7-8,10-12,15-17,19-21,24-26,28-29,34-35,37-38,49H,4-6,9,13-14,18,22-23,27,30-33,36,39-48H2,1-3H3/b10-7-,11-8-,15-12-,19-16-,20-17-,24-21-,28-25-,29-26-,37-34-,38-35-. The van der Waals surface area contributed by atoms with Crippen LogP contribution in [0.15, 0.2) is 122 Å². The van der Waals surface area contributed by atoms with Crippen molar-refractivity contribution in [2.24, 2.45) is 0 Å². The number of unbranched alkanes of at least 4 members (excludes halogenated alkanes) is 7. The van der Waals surface area contributed by atoms with E-state index >= 15 is 0 Å². The summed E-state index contributed by atoms with van der Waals surface area (Å²) in [5.74, 6) is -0.552. The molecular weight excluding hydrogens is 693 g/mol. The maximum absolute atomic E-state index is 12.7. The summed E-state index contributed by atoms with van der Waals surface area (Å²) in [7, 11) is 0.